The highest BCUT2D eigenvalue weighted by Gasteiger charge is 2.39. The number of nitrogens with zero attached hydrogens (tertiary/aromatic N) is 1. The van der Waals surface area contributed by atoms with Crippen molar-refractivity contribution in [3.8, 4) is 0 Å². The van der Waals surface area contributed by atoms with Crippen LogP contribution in [0.15, 0.2) is 30.3 Å². The van der Waals surface area contributed by atoms with E-state index < -0.39 is 78.7 Å². The minimum absolute atomic E-state index is 0.189. The van der Waals surface area contributed by atoms with Crippen LogP contribution >= 0.6 is 0 Å². The van der Waals surface area contributed by atoms with Gasteiger partial charge in [0.2, 0.25) is 17.7 Å². The Morgan fingerprint density at radius 2 is 1.55 bits per heavy atom. The van der Waals surface area contributed by atoms with Crippen molar-refractivity contribution in [3.63, 3.8) is 0 Å². The molecule has 42 heavy (non-hydrogen) atoms. The summed E-state index contributed by atoms with van der Waals surface area (Å²) in [5.41, 5.74) is 0.883. The molecule has 3 amide bonds. The molecule has 232 valence electrons. The molecule has 1 heterocycles. The van der Waals surface area contributed by atoms with E-state index in [9.17, 15) is 39.0 Å². The van der Waals surface area contributed by atoms with Crippen LogP contribution < -0.4 is 16.0 Å². The zero-order chi connectivity index (χ0) is 31.2. The molecule has 0 aliphatic carbocycles. The van der Waals surface area contributed by atoms with Crippen molar-refractivity contribution in [1.82, 2.24) is 20.9 Å². The number of likely N-dealkylation sites (tertiary alicyclic amines) is 1. The van der Waals surface area contributed by atoms with Gasteiger partial charge in [-0.1, -0.05) is 30.3 Å². The first-order valence-corrected chi connectivity index (χ1v) is 13.8. The molecular weight excluding hydrogens is 552 g/mol. The Morgan fingerprint density at radius 3 is 2.10 bits per heavy atom. The van der Waals surface area contributed by atoms with Crippen LogP contribution in [0.2, 0.25) is 0 Å². The number of piperidine rings is 1. The van der Waals surface area contributed by atoms with Crippen molar-refractivity contribution in [1.29, 1.82) is 0 Å². The molecule has 14 heteroatoms. The molecule has 1 fully saturated rings. The van der Waals surface area contributed by atoms with Crippen LogP contribution in [-0.2, 0) is 39.9 Å². The average molecular weight is 593 g/mol. The number of carboxylic acids is 3. The van der Waals surface area contributed by atoms with E-state index in [-0.39, 0.29) is 25.8 Å². The highest BCUT2D eigenvalue weighted by Crippen LogP contribution is 2.24. The molecule has 14 nitrogen and oxygen atoms in total. The third kappa shape index (κ3) is 10.7. The van der Waals surface area contributed by atoms with Gasteiger partial charge in [0.25, 0.3) is 0 Å². The number of carboxylic acid groups (broad SMARTS) is 3. The summed E-state index contributed by atoms with van der Waals surface area (Å²) in [5, 5.41) is 35.5. The first kappa shape index (κ1) is 34.2. The Balaban J connectivity index is 2.23. The van der Waals surface area contributed by atoms with Crippen LogP contribution in [0, 0.1) is 0 Å². The third-order valence-corrected chi connectivity index (χ3v) is 7.19. The van der Waals surface area contributed by atoms with Crippen LogP contribution in [0.25, 0.3) is 0 Å². The van der Waals surface area contributed by atoms with E-state index in [0.717, 1.165) is 5.56 Å². The molecule has 1 aliphatic rings. The first-order valence-electron chi connectivity index (χ1n) is 13.8. The second-order valence-electron chi connectivity index (χ2n) is 10.1. The Hall–Kier alpha value is -4.04. The molecule has 2 rings (SSSR count). The van der Waals surface area contributed by atoms with Crippen molar-refractivity contribution >= 4 is 35.6 Å². The smallest absolute Gasteiger partial charge is 0.326 e. The Kier molecular flexibility index (Phi) is 13.9. The lowest BCUT2D eigenvalue weighted by molar-refractivity contribution is -0.148. The van der Waals surface area contributed by atoms with Crippen molar-refractivity contribution in [3.05, 3.63) is 35.9 Å². The van der Waals surface area contributed by atoms with Crippen LogP contribution in [0.3, 0.4) is 0 Å². The molecule has 0 unspecified atom stereocenters. The Morgan fingerprint density at radius 1 is 0.929 bits per heavy atom. The van der Waals surface area contributed by atoms with E-state index in [1.54, 1.807) is 7.05 Å². The number of carbonyl (C=O) groups excluding carboxylic acids is 3. The number of benzene rings is 1. The number of rotatable bonds is 17. The quantitative estimate of drug-likeness (QED) is 0.142. The van der Waals surface area contributed by atoms with Gasteiger partial charge in [0.05, 0.1) is 18.2 Å². The number of hydrogen-bond acceptors (Lipinski definition) is 8. The molecule has 1 aliphatic heterocycles. The highest BCUT2D eigenvalue weighted by molar-refractivity contribution is 5.91. The number of methoxy groups -OCH3 is 1. The maximum Gasteiger partial charge on any atom is 0.326 e. The second-order valence-corrected chi connectivity index (χ2v) is 10.1. The molecule has 6 N–H and O–H groups in total. The predicted molar refractivity (Wildman–Crippen MR) is 148 cm³/mol. The monoisotopic (exact) mass is 592 g/mol. The maximum absolute atomic E-state index is 13.8. The minimum Gasteiger partial charge on any atom is -0.481 e. The second kappa shape index (κ2) is 17.0. The lowest BCUT2D eigenvalue weighted by Crippen LogP contribution is -2.60. The molecule has 0 bridgehead atoms. The minimum atomic E-state index is -1.44. The predicted octanol–water partition coefficient (Wildman–Crippen LogP) is -0.00300. The summed E-state index contributed by atoms with van der Waals surface area (Å²) < 4.78 is 5.54. The highest BCUT2D eigenvalue weighted by atomic mass is 16.5. The van der Waals surface area contributed by atoms with E-state index in [0.29, 0.717) is 19.3 Å². The van der Waals surface area contributed by atoms with Gasteiger partial charge in [0.1, 0.15) is 12.1 Å². The standard InChI is InChI=1S/C28H40N4O10/c1-29-20(15-17-7-4-3-5-8-17)26(38)31-18(10-12-24(34)35)27(39)32-14-6-9-22(42-2)21(32)16-23(33)30-19(28(40)41)11-13-25(36)37/h3-5,7-8,18-22,29H,6,9-16H2,1-2H3,(H,30,33)(H,31,38)(H,34,35)(H,36,37)(H,40,41)/t18-,19-,20+,21+,22+/m0/s1. The lowest BCUT2D eigenvalue weighted by Gasteiger charge is -2.42. The van der Waals surface area contributed by atoms with Gasteiger partial charge < -0.3 is 40.9 Å². The van der Waals surface area contributed by atoms with E-state index in [1.807, 2.05) is 30.3 Å². The molecule has 5 atom stereocenters. The van der Waals surface area contributed by atoms with Gasteiger partial charge in [0, 0.05) is 32.9 Å². The summed E-state index contributed by atoms with van der Waals surface area (Å²) in [6.07, 6.45) is -0.945. The molecular formula is C28H40N4O10. The number of amides is 3. The fourth-order valence-electron chi connectivity index (χ4n) is 4.95. The number of carbonyl (C=O) groups is 6. The van der Waals surface area contributed by atoms with Gasteiger partial charge in [-0.15, -0.1) is 0 Å². The topological polar surface area (TPSA) is 212 Å². The normalized spacial score (nSPS) is 18.8. The van der Waals surface area contributed by atoms with E-state index in [2.05, 4.69) is 16.0 Å². The molecule has 1 aromatic rings. The van der Waals surface area contributed by atoms with Gasteiger partial charge in [-0.3, -0.25) is 24.0 Å². The molecule has 0 saturated carbocycles. The number of nitrogens with one attached hydrogen (secondary N) is 3. The van der Waals surface area contributed by atoms with Crippen molar-refractivity contribution in [2.45, 2.75) is 81.6 Å². The number of aliphatic carboxylic acids is 3. The van der Waals surface area contributed by atoms with Crippen molar-refractivity contribution < 1.29 is 48.8 Å². The molecule has 1 aromatic carbocycles. The zero-order valence-electron chi connectivity index (χ0n) is 23.8. The summed E-state index contributed by atoms with van der Waals surface area (Å²) in [5.74, 6) is -5.55. The fraction of sp³-hybridized carbons (Fsp3) is 0.571. The van der Waals surface area contributed by atoms with E-state index in [1.165, 1.54) is 12.0 Å². The van der Waals surface area contributed by atoms with Gasteiger partial charge in [-0.05, 0) is 44.7 Å². The van der Waals surface area contributed by atoms with Gasteiger partial charge in [-0.25, -0.2) is 4.79 Å². The van der Waals surface area contributed by atoms with Crippen LogP contribution in [-0.4, -0.2) is 107 Å². The molecule has 1 saturated heterocycles. The average Bonchev–Trinajstić information content (AvgIpc) is 2.95. The Bertz CT molecular complexity index is 1100. The first-order chi connectivity index (χ1) is 20.0. The molecule has 0 radical (unpaired) electrons. The number of likely N-dealkylation sites (N-methyl/N-ethyl adjacent to an activating group) is 1. The summed E-state index contributed by atoms with van der Waals surface area (Å²) in [7, 11) is 3.02. The summed E-state index contributed by atoms with van der Waals surface area (Å²) in [6, 6.07) is 5.05. The van der Waals surface area contributed by atoms with Crippen molar-refractivity contribution in [2.75, 3.05) is 20.7 Å². The summed E-state index contributed by atoms with van der Waals surface area (Å²) in [6.45, 7) is 0.205. The Labute approximate surface area is 243 Å². The third-order valence-electron chi connectivity index (χ3n) is 7.19. The molecule has 0 aromatic heterocycles. The SMILES string of the molecule is CN[C@H](Cc1ccccc1)C(=O)N[C@@H](CCC(=O)O)C(=O)N1CCC[C@@H](OC)[C@H]1CC(=O)N[C@@H](CCC(=O)O)C(=O)O. The van der Waals surface area contributed by atoms with Crippen LogP contribution in [0.5, 0.6) is 0 Å². The van der Waals surface area contributed by atoms with Gasteiger partial charge in [0.15, 0.2) is 0 Å². The maximum atomic E-state index is 13.8. The van der Waals surface area contributed by atoms with Crippen molar-refractivity contribution in [2.24, 2.45) is 0 Å². The number of ether oxygens (including phenoxy) is 1. The van der Waals surface area contributed by atoms with Gasteiger partial charge in [-0.2, -0.15) is 0 Å². The largest absolute Gasteiger partial charge is 0.481 e. The van der Waals surface area contributed by atoms with E-state index in [4.69, 9.17) is 9.84 Å². The van der Waals surface area contributed by atoms with Gasteiger partial charge >= 0.3 is 17.9 Å². The van der Waals surface area contributed by atoms with Crippen LogP contribution in [0.4, 0.5) is 0 Å². The summed E-state index contributed by atoms with van der Waals surface area (Å²) >= 11 is 0. The zero-order valence-corrected chi connectivity index (χ0v) is 23.8. The lowest BCUT2D eigenvalue weighted by atomic mass is 9.93. The van der Waals surface area contributed by atoms with Crippen LogP contribution in [0.1, 0.15) is 50.5 Å². The fourth-order valence-corrected chi connectivity index (χ4v) is 4.95. The summed E-state index contributed by atoms with van der Waals surface area (Å²) in [4.78, 5) is 75.1. The van der Waals surface area contributed by atoms with E-state index >= 15 is 0 Å². The molecule has 0 spiro atoms. The number of hydrogen-bond donors (Lipinski definition) is 6.